The fourth-order valence-corrected chi connectivity index (χ4v) is 2.85. The fraction of sp³-hybridized carbons (Fsp3) is 0.0667. The minimum absolute atomic E-state index is 0.0967. The quantitative estimate of drug-likeness (QED) is 0.664. The van der Waals surface area contributed by atoms with Crippen molar-refractivity contribution >= 4 is 44.9 Å². The van der Waals surface area contributed by atoms with Crippen molar-refractivity contribution in [2.75, 3.05) is 0 Å². The van der Waals surface area contributed by atoms with Crippen molar-refractivity contribution < 1.29 is 9.18 Å². The summed E-state index contributed by atoms with van der Waals surface area (Å²) in [6.07, 6.45) is 0. The monoisotopic (exact) mass is 385 g/mol. The van der Waals surface area contributed by atoms with E-state index in [4.69, 9.17) is 23.2 Å². The third-order valence-corrected chi connectivity index (χ3v) is 3.83. The van der Waals surface area contributed by atoms with Gasteiger partial charge in [-0.25, -0.2) is 4.39 Å². The summed E-state index contributed by atoms with van der Waals surface area (Å²) in [5.74, 6) is -2.21. The molecule has 1 atom stereocenters. The molecule has 0 amide bonds. The zero-order valence-corrected chi connectivity index (χ0v) is 13.5. The van der Waals surface area contributed by atoms with Crippen LogP contribution in [0.25, 0.3) is 0 Å². The van der Waals surface area contributed by atoms with Gasteiger partial charge in [0.2, 0.25) is 0 Å². The summed E-state index contributed by atoms with van der Waals surface area (Å²) in [5, 5.41) is 9.90. The number of hydrogen-bond acceptors (Lipinski definition) is 2. The molecule has 0 N–H and O–H groups in total. The minimum Gasteiger partial charge on any atom is -0.292 e. The normalized spacial score (nSPS) is 11.8. The molecule has 0 saturated heterocycles. The number of Topliss-reactive ketones (excluding diaryl/α,β-unsaturated/α-hetero) is 1. The maximum atomic E-state index is 13.4. The number of ketones is 1. The Bertz CT molecular complexity index is 738. The minimum atomic E-state index is -1.12. The van der Waals surface area contributed by atoms with Gasteiger partial charge in [-0.05, 0) is 35.9 Å². The lowest BCUT2D eigenvalue weighted by Gasteiger charge is -2.11. The molecule has 1 unspecified atom stereocenters. The summed E-state index contributed by atoms with van der Waals surface area (Å²) in [6.45, 7) is 0. The highest BCUT2D eigenvalue weighted by Crippen LogP contribution is 2.30. The van der Waals surface area contributed by atoms with Crippen molar-refractivity contribution in [3.63, 3.8) is 0 Å². The molecular formula is C15H7BrCl2FNO. The number of nitrogens with zero attached hydrogens (tertiary/aromatic N) is 1. The second-order valence-electron chi connectivity index (χ2n) is 4.25. The van der Waals surface area contributed by atoms with E-state index in [-0.39, 0.29) is 10.6 Å². The second-order valence-corrected chi connectivity index (χ2v) is 6.01. The van der Waals surface area contributed by atoms with Crippen molar-refractivity contribution in [3.8, 4) is 6.07 Å². The zero-order chi connectivity index (χ0) is 15.6. The Morgan fingerprint density at radius 3 is 2.52 bits per heavy atom. The molecule has 0 aliphatic carbocycles. The molecule has 2 aromatic carbocycles. The van der Waals surface area contributed by atoms with Crippen molar-refractivity contribution in [1.29, 1.82) is 5.26 Å². The number of benzene rings is 2. The van der Waals surface area contributed by atoms with E-state index >= 15 is 0 Å². The first kappa shape index (κ1) is 16.0. The van der Waals surface area contributed by atoms with E-state index in [9.17, 15) is 14.4 Å². The highest BCUT2D eigenvalue weighted by atomic mass is 79.9. The van der Waals surface area contributed by atoms with E-state index in [0.717, 1.165) is 6.07 Å². The molecule has 106 valence electrons. The van der Waals surface area contributed by atoms with E-state index in [0.29, 0.717) is 15.1 Å². The topological polar surface area (TPSA) is 40.9 Å². The van der Waals surface area contributed by atoms with Crippen LogP contribution >= 0.6 is 39.1 Å². The van der Waals surface area contributed by atoms with Crippen LogP contribution in [-0.2, 0) is 0 Å². The average molecular weight is 387 g/mol. The highest BCUT2D eigenvalue weighted by Gasteiger charge is 2.24. The SMILES string of the molecule is N#CC(C(=O)c1cc(F)cc(Br)c1)c1ccc(Cl)cc1Cl. The summed E-state index contributed by atoms with van der Waals surface area (Å²) in [4.78, 5) is 12.4. The molecule has 2 nitrogen and oxygen atoms in total. The Hall–Kier alpha value is -1.41. The van der Waals surface area contributed by atoms with E-state index in [1.54, 1.807) is 6.07 Å². The predicted octanol–water partition coefficient (Wildman–Crippen LogP) is 5.39. The molecule has 2 rings (SSSR count). The van der Waals surface area contributed by atoms with Gasteiger partial charge in [0.25, 0.3) is 0 Å². The summed E-state index contributed by atoms with van der Waals surface area (Å²) in [7, 11) is 0. The lowest BCUT2D eigenvalue weighted by molar-refractivity contribution is 0.0978. The summed E-state index contributed by atoms with van der Waals surface area (Å²) in [6, 6.07) is 10.2. The molecular weight excluding hydrogens is 380 g/mol. The Morgan fingerprint density at radius 1 is 1.24 bits per heavy atom. The van der Waals surface area contributed by atoms with Gasteiger partial charge in [-0.2, -0.15) is 5.26 Å². The summed E-state index contributed by atoms with van der Waals surface area (Å²) in [5.41, 5.74) is 0.438. The van der Waals surface area contributed by atoms with Crippen LogP contribution in [0.2, 0.25) is 10.0 Å². The largest absolute Gasteiger partial charge is 0.292 e. The molecule has 2 aromatic rings. The Kier molecular flexibility index (Phi) is 5.00. The standard InChI is InChI=1S/C15H7BrCl2FNO/c16-9-3-8(4-11(19)5-9)15(21)13(7-20)12-2-1-10(17)6-14(12)18/h1-6,13H. The molecule has 0 saturated carbocycles. The van der Waals surface area contributed by atoms with Crippen LogP contribution in [0.15, 0.2) is 40.9 Å². The van der Waals surface area contributed by atoms with Gasteiger partial charge >= 0.3 is 0 Å². The van der Waals surface area contributed by atoms with E-state index in [1.807, 2.05) is 6.07 Å². The van der Waals surface area contributed by atoms with Gasteiger partial charge in [0.05, 0.1) is 6.07 Å². The van der Waals surface area contributed by atoms with Crippen LogP contribution in [0.1, 0.15) is 21.8 Å². The van der Waals surface area contributed by atoms with Gasteiger partial charge < -0.3 is 0 Å². The molecule has 0 spiro atoms. The smallest absolute Gasteiger partial charge is 0.184 e. The fourth-order valence-electron chi connectivity index (χ4n) is 1.87. The van der Waals surface area contributed by atoms with Gasteiger partial charge in [0.15, 0.2) is 5.78 Å². The van der Waals surface area contributed by atoms with Crippen LogP contribution in [0.3, 0.4) is 0 Å². The molecule has 21 heavy (non-hydrogen) atoms. The number of halogens is 4. The Morgan fingerprint density at radius 2 is 1.95 bits per heavy atom. The van der Waals surface area contributed by atoms with Crippen molar-refractivity contribution in [2.24, 2.45) is 0 Å². The first-order valence-corrected chi connectivity index (χ1v) is 7.32. The first-order chi connectivity index (χ1) is 9.92. The van der Waals surface area contributed by atoms with Gasteiger partial charge in [-0.1, -0.05) is 45.2 Å². The maximum absolute atomic E-state index is 13.4. The maximum Gasteiger partial charge on any atom is 0.184 e. The van der Waals surface area contributed by atoms with Gasteiger partial charge in [0, 0.05) is 20.1 Å². The van der Waals surface area contributed by atoms with Crippen molar-refractivity contribution in [2.45, 2.75) is 5.92 Å². The Balaban J connectivity index is 2.46. The lowest BCUT2D eigenvalue weighted by atomic mass is 9.92. The van der Waals surface area contributed by atoms with Crippen LogP contribution in [-0.4, -0.2) is 5.78 Å². The summed E-state index contributed by atoms with van der Waals surface area (Å²) >= 11 is 14.9. The van der Waals surface area contributed by atoms with Crippen LogP contribution in [0.4, 0.5) is 4.39 Å². The molecule has 0 aliphatic rings. The molecule has 0 aromatic heterocycles. The number of hydrogen-bond donors (Lipinski definition) is 0. The predicted molar refractivity (Wildman–Crippen MR) is 83.2 cm³/mol. The van der Waals surface area contributed by atoms with Crippen molar-refractivity contribution in [1.82, 2.24) is 0 Å². The zero-order valence-electron chi connectivity index (χ0n) is 10.4. The van der Waals surface area contributed by atoms with Crippen molar-refractivity contribution in [3.05, 3.63) is 67.9 Å². The third kappa shape index (κ3) is 3.62. The van der Waals surface area contributed by atoms with Crippen LogP contribution in [0.5, 0.6) is 0 Å². The van der Waals surface area contributed by atoms with Gasteiger partial charge in [-0.15, -0.1) is 0 Å². The van der Waals surface area contributed by atoms with Gasteiger partial charge in [0.1, 0.15) is 11.7 Å². The van der Waals surface area contributed by atoms with E-state index in [1.165, 1.54) is 24.3 Å². The second kappa shape index (κ2) is 6.57. The van der Waals surface area contributed by atoms with E-state index < -0.39 is 17.5 Å². The average Bonchev–Trinajstić information content (AvgIpc) is 2.40. The lowest BCUT2D eigenvalue weighted by Crippen LogP contribution is -2.12. The molecule has 0 heterocycles. The van der Waals surface area contributed by atoms with Crippen LogP contribution < -0.4 is 0 Å². The van der Waals surface area contributed by atoms with Gasteiger partial charge in [-0.3, -0.25) is 4.79 Å². The number of carbonyl (C=O) groups excluding carboxylic acids is 1. The summed E-state index contributed by atoms with van der Waals surface area (Å²) < 4.78 is 13.8. The number of carbonyl (C=O) groups is 1. The third-order valence-electron chi connectivity index (χ3n) is 2.81. The Labute approximate surface area is 139 Å². The van der Waals surface area contributed by atoms with Crippen LogP contribution in [0, 0.1) is 17.1 Å². The first-order valence-electron chi connectivity index (χ1n) is 5.77. The molecule has 0 bridgehead atoms. The highest BCUT2D eigenvalue weighted by molar-refractivity contribution is 9.10. The molecule has 0 radical (unpaired) electrons. The molecule has 0 fully saturated rings. The molecule has 6 heteroatoms. The number of rotatable bonds is 3. The number of nitriles is 1. The van der Waals surface area contributed by atoms with E-state index in [2.05, 4.69) is 15.9 Å². The molecule has 0 aliphatic heterocycles.